The number of benzene rings is 2. The second-order valence-corrected chi connectivity index (χ2v) is 6.74. The first-order chi connectivity index (χ1) is 13.6. The Morgan fingerprint density at radius 3 is 2.31 bits per heavy atom. The first-order valence-corrected chi connectivity index (χ1v) is 8.97. The molecular weight excluding hydrogens is 444 g/mol. The van der Waals surface area contributed by atoms with Gasteiger partial charge in [-0.05, 0) is 29.8 Å². The van der Waals surface area contributed by atoms with Crippen molar-refractivity contribution in [3.63, 3.8) is 0 Å². The summed E-state index contributed by atoms with van der Waals surface area (Å²) in [6, 6.07) is 10.4. The average molecular weight is 463 g/mol. The predicted molar refractivity (Wildman–Crippen MR) is 105 cm³/mol. The van der Waals surface area contributed by atoms with Crippen molar-refractivity contribution in [1.82, 2.24) is 5.32 Å². The van der Waals surface area contributed by atoms with Gasteiger partial charge in [0.15, 0.2) is 5.91 Å². The normalized spacial score (nSPS) is 13.8. The van der Waals surface area contributed by atoms with Gasteiger partial charge in [0.05, 0.1) is 0 Å². The van der Waals surface area contributed by atoms with Crippen LogP contribution in [0.5, 0.6) is 5.75 Å². The molecule has 0 saturated carbocycles. The van der Waals surface area contributed by atoms with Gasteiger partial charge in [0, 0.05) is 23.4 Å². The molecule has 6 nitrogen and oxygen atoms in total. The van der Waals surface area contributed by atoms with E-state index in [-0.39, 0.29) is 64.4 Å². The van der Waals surface area contributed by atoms with Crippen molar-refractivity contribution in [2.75, 3.05) is 0 Å². The van der Waals surface area contributed by atoms with Crippen LogP contribution in [0, 0.1) is 5.89 Å². The molecule has 0 fully saturated rings. The van der Waals surface area contributed by atoms with E-state index in [0.717, 1.165) is 6.92 Å². The molecule has 148 valence electrons. The molecular formula is C20H18Cl2KNO5. The van der Waals surface area contributed by atoms with Crippen molar-refractivity contribution in [3.8, 4) is 5.75 Å². The van der Waals surface area contributed by atoms with Crippen molar-refractivity contribution in [2.45, 2.75) is 26.0 Å². The zero-order valence-electron chi connectivity index (χ0n) is 16.9. The molecule has 0 spiro atoms. The number of halogens is 2. The molecule has 0 saturated heterocycles. The van der Waals surface area contributed by atoms with Gasteiger partial charge in [-0.15, -0.1) is 0 Å². The number of hydrogen-bond donors (Lipinski definition) is 2. The summed E-state index contributed by atoms with van der Waals surface area (Å²) in [6.07, 6.45) is 1.23. The van der Waals surface area contributed by atoms with Gasteiger partial charge in [-0.2, -0.15) is 0 Å². The zero-order valence-corrected chi connectivity index (χ0v) is 20.5. The summed E-state index contributed by atoms with van der Waals surface area (Å²) >= 11 is 12.2. The smallest absolute Gasteiger partial charge is 0.541 e. The fraction of sp³-hybridized carbons (Fsp3) is 0.250. The third kappa shape index (κ3) is 8.01. The third-order valence-electron chi connectivity index (χ3n) is 3.91. The molecule has 0 heterocycles. The molecule has 0 aliphatic heterocycles. The Balaban J connectivity index is 0.00000450. The maximum absolute atomic E-state index is 11.9. The van der Waals surface area contributed by atoms with E-state index in [0.29, 0.717) is 26.9 Å². The zero-order chi connectivity index (χ0) is 21.6. The van der Waals surface area contributed by atoms with Crippen molar-refractivity contribution in [1.29, 1.82) is 0 Å². The Morgan fingerprint density at radius 1 is 1.21 bits per heavy atom. The van der Waals surface area contributed by atoms with Gasteiger partial charge in [-0.3, -0.25) is 11.1 Å². The Morgan fingerprint density at radius 2 is 1.79 bits per heavy atom. The van der Waals surface area contributed by atoms with Crippen LogP contribution in [0.2, 0.25) is 10.0 Å². The fourth-order valence-electron chi connectivity index (χ4n) is 2.30. The Kier molecular flexibility index (Phi) is 10.7. The topological polar surface area (TPSA) is 92.7 Å². The minimum Gasteiger partial charge on any atom is -0.541 e. The summed E-state index contributed by atoms with van der Waals surface area (Å²) in [4.78, 5) is 34.0. The van der Waals surface area contributed by atoms with Crippen molar-refractivity contribution < 1.29 is 77.0 Å². The number of carboxylic acids is 1. The number of carboxylic acid groups (broad SMARTS) is 1. The maximum Gasteiger partial charge on any atom is 1.00 e. The van der Waals surface area contributed by atoms with Gasteiger partial charge in [0.25, 0.3) is 0 Å². The molecule has 1 amide bonds. The van der Waals surface area contributed by atoms with Gasteiger partial charge in [0.2, 0.25) is 0 Å². The second-order valence-electron chi connectivity index (χ2n) is 5.93. The first-order valence-electron chi connectivity index (χ1n) is 8.71. The minimum absolute atomic E-state index is 0. The molecule has 1 unspecified atom stereocenters. The van der Waals surface area contributed by atoms with E-state index < -0.39 is 23.8 Å². The minimum atomic E-state index is -2.18. The molecule has 2 rings (SSSR count). The van der Waals surface area contributed by atoms with E-state index in [1.807, 2.05) is 0 Å². The van der Waals surface area contributed by atoms with Gasteiger partial charge < -0.3 is 20.0 Å². The van der Waals surface area contributed by atoms with Crippen LogP contribution in [0.1, 0.15) is 19.4 Å². The summed E-state index contributed by atoms with van der Waals surface area (Å²) in [5.74, 6) is -3.97. The molecule has 2 N–H and O–H groups in total. The molecule has 0 aromatic heterocycles. The van der Waals surface area contributed by atoms with Crippen LogP contribution in [0.4, 0.5) is 0 Å². The van der Waals surface area contributed by atoms with E-state index in [1.54, 1.807) is 42.5 Å². The van der Waals surface area contributed by atoms with Gasteiger partial charge in [0.1, 0.15) is 18.4 Å². The summed E-state index contributed by atoms with van der Waals surface area (Å²) in [5, 5.41) is 12.5. The summed E-state index contributed by atoms with van der Waals surface area (Å²) < 4.78 is 13.2. The number of carbonyl (C=O) groups excluding carboxylic acids is 2. The van der Waals surface area contributed by atoms with Crippen molar-refractivity contribution in [2.24, 2.45) is 5.89 Å². The number of carbonyl (C=O) groups is 2. The summed E-state index contributed by atoms with van der Waals surface area (Å²) in [7, 11) is 0. The molecule has 29 heavy (non-hydrogen) atoms. The van der Waals surface area contributed by atoms with Gasteiger partial charge in [-0.25, -0.2) is 4.79 Å². The van der Waals surface area contributed by atoms with Crippen LogP contribution in [0.3, 0.4) is 0 Å². The number of hydrogen-bond acceptors (Lipinski definition) is 4. The molecule has 2 atom stereocenters. The van der Waals surface area contributed by atoms with E-state index in [4.69, 9.17) is 29.3 Å². The van der Waals surface area contributed by atoms with Gasteiger partial charge >= 0.3 is 57.4 Å². The number of amides is 1. The predicted octanol–water partition coefficient (Wildman–Crippen LogP) is 0.434. The second kappa shape index (κ2) is 12.7. The van der Waals surface area contributed by atoms with E-state index in [2.05, 4.69) is 5.32 Å². The van der Waals surface area contributed by atoms with Crippen LogP contribution >= 0.6 is 23.2 Å². The number of rotatable bonds is 9. The molecule has 9 heteroatoms. The van der Waals surface area contributed by atoms with Gasteiger partial charge in [-0.1, -0.05) is 54.2 Å². The molecule has 0 aliphatic carbocycles. The molecule has 0 radical (unpaired) electrons. The fourth-order valence-corrected chi connectivity index (χ4v) is 2.80. The monoisotopic (exact) mass is 462 g/mol. The Bertz CT molecular complexity index is 888. The van der Waals surface area contributed by atoms with E-state index in [1.165, 1.54) is 6.29 Å². The van der Waals surface area contributed by atoms with Crippen LogP contribution in [-0.2, 0) is 27.4 Å². The molecule has 2 aromatic carbocycles. The summed E-state index contributed by atoms with van der Waals surface area (Å²) in [6.45, 7) is 1.20. The van der Waals surface area contributed by atoms with Crippen LogP contribution in [0.15, 0.2) is 42.5 Å². The van der Waals surface area contributed by atoms with Crippen LogP contribution in [-0.4, -0.2) is 29.3 Å². The average Bonchev–Trinajstić information content (AvgIpc) is 2.68. The standard InChI is InChI=1S/C20H18Cl2NO5.K/c1-12(10-24)19(25)23-18(20(26)27)9-13-5-7-14(8-6-13)28-11-15-16(21)3-2-4-17(15)22;/h2-8,12,18H,9,11H2,1H3,(H,23,25)(H,26,27);/q-1;+1/t12?,18-;/m0./s1/i12D;. The third-order valence-corrected chi connectivity index (χ3v) is 4.61. The number of nitrogens with one attached hydrogen (secondary N) is 1. The number of ether oxygens (including phenoxy) is 1. The molecule has 0 aliphatic rings. The van der Waals surface area contributed by atoms with Crippen LogP contribution < -0.4 is 61.4 Å². The van der Waals surface area contributed by atoms with Crippen molar-refractivity contribution >= 4 is 41.4 Å². The Hall–Kier alpha value is -0.934. The van der Waals surface area contributed by atoms with E-state index >= 15 is 0 Å². The molecule has 0 bridgehead atoms. The number of aliphatic carboxylic acids is 1. The largest absolute Gasteiger partial charge is 1.00 e. The van der Waals surface area contributed by atoms with Crippen LogP contribution in [0.25, 0.3) is 0 Å². The summed E-state index contributed by atoms with van der Waals surface area (Å²) in [5.41, 5.74) is 1.27. The first kappa shape index (κ1) is 24.3. The quantitative estimate of drug-likeness (QED) is 0.320. The molecule has 2 aromatic rings. The van der Waals surface area contributed by atoms with Crippen molar-refractivity contribution in [3.05, 3.63) is 63.6 Å². The maximum atomic E-state index is 11.9. The Labute approximate surface area is 222 Å². The van der Waals surface area contributed by atoms with E-state index in [9.17, 15) is 19.5 Å². The SMILES string of the molecule is [2H]C(C)([C-]=O)C(=O)N[C@@H](Cc1ccc(OCc2c(Cl)cccc2Cl)cc1)C(=O)O.[K+].